The smallest absolute Gasteiger partial charge is 0.248 e. The molecule has 3 aromatic rings. The summed E-state index contributed by atoms with van der Waals surface area (Å²) in [6.07, 6.45) is 3.96. The van der Waals surface area contributed by atoms with Crippen LogP contribution in [-0.4, -0.2) is 27.8 Å². The maximum absolute atomic E-state index is 12.1. The fourth-order valence-corrected chi connectivity index (χ4v) is 2.86. The summed E-state index contributed by atoms with van der Waals surface area (Å²) in [5.41, 5.74) is 3.50. The van der Waals surface area contributed by atoms with Gasteiger partial charge in [-0.1, -0.05) is 36.6 Å². The quantitative estimate of drug-likeness (QED) is 0.531. The van der Waals surface area contributed by atoms with Crippen LogP contribution in [0.1, 0.15) is 37.7 Å². The van der Waals surface area contributed by atoms with E-state index in [9.17, 15) is 4.79 Å². The number of aliphatic hydroxyl groups is 1. The minimum atomic E-state index is -0.0213. The molecule has 1 heterocycles. The number of nitrogens with zero attached hydrogens (tertiary/aromatic N) is 2. The molecule has 0 atom stereocenters. The summed E-state index contributed by atoms with van der Waals surface area (Å²) >= 11 is 0. The first-order valence-corrected chi connectivity index (χ1v) is 9.57. The van der Waals surface area contributed by atoms with Crippen LogP contribution in [0.3, 0.4) is 0 Å². The summed E-state index contributed by atoms with van der Waals surface area (Å²) in [5, 5.41) is 19.9. The third-order valence-electron chi connectivity index (χ3n) is 4.43. The Bertz CT molecular complexity index is 903. The SMILES string of the molecule is Cc1ccc(-c2nnc(-c3cccc(NC(=O)CCCCCCO)c3)o2)cc1. The van der Waals surface area contributed by atoms with E-state index in [1.165, 1.54) is 5.56 Å². The Labute approximate surface area is 164 Å². The van der Waals surface area contributed by atoms with Crippen molar-refractivity contribution in [2.75, 3.05) is 11.9 Å². The van der Waals surface area contributed by atoms with E-state index in [0.717, 1.165) is 36.8 Å². The Balaban J connectivity index is 1.62. The average Bonchev–Trinajstić information content (AvgIpc) is 3.19. The molecule has 2 N–H and O–H groups in total. The van der Waals surface area contributed by atoms with Crippen molar-refractivity contribution in [3.8, 4) is 22.9 Å². The molecule has 1 amide bonds. The van der Waals surface area contributed by atoms with E-state index < -0.39 is 0 Å². The fourth-order valence-electron chi connectivity index (χ4n) is 2.86. The first-order chi connectivity index (χ1) is 13.7. The number of rotatable bonds is 9. The van der Waals surface area contributed by atoms with Crippen LogP contribution in [0.2, 0.25) is 0 Å². The van der Waals surface area contributed by atoms with Gasteiger partial charge in [-0.25, -0.2) is 0 Å². The Kier molecular flexibility index (Phi) is 6.92. The standard InChI is InChI=1S/C22H25N3O3/c1-16-10-12-17(13-11-16)21-24-25-22(28-21)18-7-6-8-19(15-18)23-20(27)9-4-2-3-5-14-26/h6-8,10-13,15,26H,2-5,9,14H2,1H3,(H,23,27). The van der Waals surface area contributed by atoms with Crippen molar-refractivity contribution in [1.82, 2.24) is 10.2 Å². The van der Waals surface area contributed by atoms with Crippen LogP contribution in [0.4, 0.5) is 5.69 Å². The lowest BCUT2D eigenvalue weighted by molar-refractivity contribution is -0.116. The molecule has 2 aromatic carbocycles. The molecule has 3 rings (SSSR count). The van der Waals surface area contributed by atoms with Crippen molar-refractivity contribution in [1.29, 1.82) is 0 Å². The third-order valence-corrected chi connectivity index (χ3v) is 4.43. The molecular formula is C22H25N3O3. The van der Waals surface area contributed by atoms with Crippen LogP contribution >= 0.6 is 0 Å². The molecule has 0 unspecified atom stereocenters. The molecule has 6 heteroatoms. The number of aromatic nitrogens is 2. The summed E-state index contributed by atoms with van der Waals surface area (Å²) in [7, 11) is 0. The van der Waals surface area contributed by atoms with Gasteiger partial charge >= 0.3 is 0 Å². The molecule has 0 radical (unpaired) electrons. The van der Waals surface area contributed by atoms with E-state index in [1.807, 2.05) is 55.5 Å². The first kappa shape index (κ1) is 19.8. The minimum Gasteiger partial charge on any atom is -0.416 e. The van der Waals surface area contributed by atoms with Crippen LogP contribution in [0.15, 0.2) is 52.9 Å². The number of hydrogen-bond donors (Lipinski definition) is 2. The highest BCUT2D eigenvalue weighted by Crippen LogP contribution is 2.26. The Morgan fingerprint density at radius 1 is 0.964 bits per heavy atom. The molecule has 0 spiro atoms. The van der Waals surface area contributed by atoms with Gasteiger partial charge < -0.3 is 14.8 Å². The van der Waals surface area contributed by atoms with Crippen LogP contribution < -0.4 is 5.32 Å². The highest BCUT2D eigenvalue weighted by molar-refractivity contribution is 5.91. The minimum absolute atomic E-state index is 0.0213. The normalized spacial score (nSPS) is 10.8. The molecular weight excluding hydrogens is 354 g/mol. The molecule has 1 aromatic heterocycles. The zero-order valence-corrected chi connectivity index (χ0v) is 16.0. The largest absolute Gasteiger partial charge is 0.416 e. The van der Waals surface area contributed by atoms with Gasteiger partial charge in [0.15, 0.2) is 0 Å². The van der Waals surface area contributed by atoms with E-state index in [2.05, 4.69) is 15.5 Å². The van der Waals surface area contributed by atoms with E-state index in [0.29, 0.717) is 23.9 Å². The summed E-state index contributed by atoms with van der Waals surface area (Å²) in [5.74, 6) is 0.856. The summed E-state index contributed by atoms with van der Waals surface area (Å²) in [6, 6.07) is 15.3. The number of nitrogens with one attached hydrogen (secondary N) is 1. The molecule has 0 aliphatic rings. The highest BCUT2D eigenvalue weighted by Gasteiger charge is 2.11. The molecule has 0 bridgehead atoms. The number of unbranched alkanes of at least 4 members (excludes halogenated alkanes) is 3. The molecule has 146 valence electrons. The van der Waals surface area contributed by atoms with Crippen LogP contribution in [0.5, 0.6) is 0 Å². The van der Waals surface area contributed by atoms with Gasteiger partial charge in [0.25, 0.3) is 0 Å². The Morgan fingerprint density at radius 3 is 2.43 bits per heavy atom. The van der Waals surface area contributed by atoms with E-state index in [-0.39, 0.29) is 12.5 Å². The monoisotopic (exact) mass is 379 g/mol. The lowest BCUT2D eigenvalue weighted by Crippen LogP contribution is -2.11. The number of aryl methyl sites for hydroxylation is 1. The van der Waals surface area contributed by atoms with Crippen molar-refractivity contribution in [3.05, 3.63) is 54.1 Å². The van der Waals surface area contributed by atoms with E-state index in [4.69, 9.17) is 9.52 Å². The number of hydrogen-bond acceptors (Lipinski definition) is 5. The van der Waals surface area contributed by atoms with Gasteiger partial charge in [0.05, 0.1) is 0 Å². The second-order valence-corrected chi connectivity index (χ2v) is 6.80. The van der Waals surface area contributed by atoms with Gasteiger partial charge in [0.2, 0.25) is 17.7 Å². The predicted molar refractivity (Wildman–Crippen MR) is 109 cm³/mol. The number of aliphatic hydroxyl groups excluding tert-OH is 1. The first-order valence-electron chi connectivity index (χ1n) is 9.57. The summed E-state index contributed by atoms with van der Waals surface area (Å²) in [4.78, 5) is 12.1. The van der Waals surface area contributed by atoms with Crippen molar-refractivity contribution >= 4 is 11.6 Å². The summed E-state index contributed by atoms with van der Waals surface area (Å²) < 4.78 is 5.80. The molecule has 0 fully saturated rings. The summed E-state index contributed by atoms with van der Waals surface area (Å²) in [6.45, 7) is 2.23. The highest BCUT2D eigenvalue weighted by atomic mass is 16.4. The van der Waals surface area contributed by atoms with Crippen molar-refractivity contribution in [2.45, 2.75) is 39.0 Å². The van der Waals surface area contributed by atoms with Crippen molar-refractivity contribution in [2.24, 2.45) is 0 Å². The number of anilines is 1. The van der Waals surface area contributed by atoms with Gasteiger partial charge in [-0.3, -0.25) is 4.79 Å². The fraction of sp³-hybridized carbons (Fsp3) is 0.318. The van der Waals surface area contributed by atoms with Gasteiger partial charge in [-0.15, -0.1) is 10.2 Å². The lowest BCUT2D eigenvalue weighted by Gasteiger charge is -2.06. The van der Waals surface area contributed by atoms with Crippen LogP contribution in [0, 0.1) is 6.92 Å². The van der Waals surface area contributed by atoms with Gasteiger partial charge in [-0.2, -0.15) is 0 Å². The lowest BCUT2D eigenvalue weighted by atomic mass is 10.1. The Hall–Kier alpha value is -2.99. The van der Waals surface area contributed by atoms with Crippen LogP contribution in [-0.2, 0) is 4.79 Å². The average molecular weight is 379 g/mol. The molecule has 0 aliphatic heterocycles. The maximum Gasteiger partial charge on any atom is 0.248 e. The van der Waals surface area contributed by atoms with Gasteiger partial charge in [-0.05, 0) is 50.1 Å². The number of benzene rings is 2. The predicted octanol–water partition coefficient (Wildman–Crippen LogP) is 4.59. The zero-order valence-electron chi connectivity index (χ0n) is 16.0. The molecule has 0 saturated heterocycles. The topological polar surface area (TPSA) is 88.2 Å². The molecule has 6 nitrogen and oxygen atoms in total. The number of carbonyl (C=O) groups is 1. The molecule has 0 aliphatic carbocycles. The number of carbonyl (C=O) groups excluding carboxylic acids is 1. The van der Waals surface area contributed by atoms with E-state index >= 15 is 0 Å². The second kappa shape index (κ2) is 9.80. The Morgan fingerprint density at radius 2 is 1.68 bits per heavy atom. The second-order valence-electron chi connectivity index (χ2n) is 6.80. The van der Waals surface area contributed by atoms with E-state index in [1.54, 1.807) is 0 Å². The van der Waals surface area contributed by atoms with Gasteiger partial charge in [0.1, 0.15) is 0 Å². The van der Waals surface area contributed by atoms with Gasteiger partial charge in [0, 0.05) is 29.8 Å². The molecule has 28 heavy (non-hydrogen) atoms. The number of amides is 1. The van der Waals surface area contributed by atoms with Crippen LogP contribution in [0.25, 0.3) is 22.9 Å². The van der Waals surface area contributed by atoms with Crippen molar-refractivity contribution in [3.63, 3.8) is 0 Å². The van der Waals surface area contributed by atoms with Crippen molar-refractivity contribution < 1.29 is 14.3 Å². The zero-order chi connectivity index (χ0) is 19.8. The maximum atomic E-state index is 12.1. The third kappa shape index (κ3) is 5.50. The molecule has 0 saturated carbocycles.